The average Bonchev–Trinajstić information content (AvgIpc) is 3.11. The zero-order chi connectivity index (χ0) is 16.6. The Morgan fingerprint density at radius 3 is 2.62 bits per heavy atom. The summed E-state index contributed by atoms with van der Waals surface area (Å²) < 4.78 is 5.69. The third-order valence-corrected chi connectivity index (χ3v) is 3.61. The van der Waals surface area contributed by atoms with E-state index in [0.717, 1.165) is 23.4 Å². The molecule has 3 rings (SSSR count). The molecule has 0 saturated carbocycles. The van der Waals surface area contributed by atoms with Crippen LogP contribution in [0.4, 0.5) is 0 Å². The first-order chi connectivity index (χ1) is 11.8. The lowest BCUT2D eigenvalue weighted by Gasteiger charge is -2.03. The highest BCUT2D eigenvalue weighted by atomic mass is 16.4. The Kier molecular flexibility index (Phi) is 5.35. The zero-order valence-corrected chi connectivity index (χ0v) is 13.3. The summed E-state index contributed by atoms with van der Waals surface area (Å²) in [6.07, 6.45) is 5.02. The van der Waals surface area contributed by atoms with Crippen molar-refractivity contribution in [1.82, 2.24) is 15.3 Å². The van der Waals surface area contributed by atoms with Crippen LogP contribution in [0.2, 0.25) is 0 Å². The molecule has 1 amide bonds. The Labute approximate surface area is 140 Å². The van der Waals surface area contributed by atoms with E-state index in [1.807, 2.05) is 48.5 Å². The third-order valence-electron chi connectivity index (χ3n) is 3.61. The summed E-state index contributed by atoms with van der Waals surface area (Å²) in [5, 5.41) is 2.89. The molecule has 1 aromatic carbocycles. The molecule has 122 valence electrons. The lowest BCUT2D eigenvalue weighted by Crippen LogP contribution is -2.26. The minimum atomic E-state index is -0.00890. The molecule has 0 aliphatic heterocycles. The molecular formula is C19H19N3O2. The largest absolute Gasteiger partial charge is 0.441 e. The summed E-state index contributed by atoms with van der Waals surface area (Å²) in [4.78, 5) is 20.3. The van der Waals surface area contributed by atoms with Crippen molar-refractivity contribution in [3.05, 3.63) is 72.5 Å². The first kappa shape index (κ1) is 15.9. The van der Waals surface area contributed by atoms with Crippen molar-refractivity contribution < 1.29 is 9.21 Å². The minimum absolute atomic E-state index is 0.00890. The van der Waals surface area contributed by atoms with Gasteiger partial charge in [-0.15, -0.1) is 0 Å². The van der Waals surface area contributed by atoms with Crippen LogP contribution in [-0.4, -0.2) is 22.4 Å². The number of amides is 1. The predicted octanol–water partition coefficient (Wildman–Crippen LogP) is 3.03. The molecule has 0 fully saturated rings. The van der Waals surface area contributed by atoms with Crippen molar-refractivity contribution >= 4 is 5.91 Å². The van der Waals surface area contributed by atoms with Gasteiger partial charge in [-0.2, -0.15) is 0 Å². The van der Waals surface area contributed by atoms with Gasteiger partial charge in [-0.1, -0.05) is 36.4 Å². The van der Waals surface area contributed by atoms with E-state index in [0.29, 0.717) is 25.3 Å². The van der Waals surface area contributed by atoms with Crippen molar-refractivity contribution in [2.75, 3.05) is 6.54 Å². The second-order valence-electron chi connectivity index (χ2n) is 5.41. The number of hydrogen-bond acceptors (Lipinski definition) is 4. The summed E-state index contributed by atoms with van der Waals surface area (Å²) in [5.41, 5.74) is 1.95. The van der Waals surface area contributed by atoms with Gasteiger partial charge in [0.05, 0.1) is 6.20 Å². The number of nitrogens with one attached hydrogen (secondary N) is 1. The average molecular weight is 321 g/mol. The van der Waals surface area contributed by atoms with Crippen LogP contribution in [0.5, 0.6) is 0 Å². The molecule has 0 spiro atoms. The molecule has 5 heteroatoms. The Balaban J connectivity index is 1.42. The van der Waals surface area contributed by atoms with Gasteiger partial charge in [0.15, 0.2) is 11.7 Å². The Morgan fingerprint density at radius 1 is 1.00 bits per heavy atom. The fourth-order valence-electron chi connectivity index (χ4n) is 2.35. The Hall–Kier alpha value is -2.95. The molecule has 0 atom stereocenters. The number of rotatable bonds is 7. The number of nitrogens with zero attached hydrogens (tertiary/aromatic N) is 2. The highest BCUT2D eigenvalue weighted by Crippen LogP contribution is 2.20. The smallest absolute Gasteiger partial charge is 0.220 e. The van der Waals surface area contributed by atoms with E-state index in [4.69, 9.17) is 4.42 Å². The number of carbonyl (C=O) groups excluding carboxylic acids is 1. The van der Waals surface area contributed by atoms with Crippen molar-refractivity contribution in [1.29, 1.82) is 0 Å². The van der Waals surface area contributed by atoms with E-state index >= 15 is 0 Å². The molecule has 0 unspecified atom stereocenters. The van der Waals surface area contributed by atoms with Crippen LogP contribution in [0.1, 0.15) is 18.0 Å². The van der Waals surface area contributed by atoms with Gasteiger partial charge in [-0.05, 0) is 12.1 Å². The molecule has 3 aromatic rings. The summed E-state index contributed by atoms with van der Waals surface area (Å²) in [7, 11) is 0. The van der Waals surface area contributed by atoms with E-state index in [9.17, 15) is 4.79 Å². The highest BCUT2D eigenvalue weighted by Gasteiger charge is 2.08. The molecule has 1 N–H and O–H groups in total. The van der Waals surface area contributed by atoms with Crippen LogP contribution in [0.15, 0.2) is 65.3 Å². The number of aromatic nitrogens is 2. The number of aryl methyl sites for hydroxylation is 1. The topological polar surface area (TPSA) is 68.0 Å². The van der Waals surface area contributed by atoms with Gasteiger partial charge in [0, 0.05) is 43.3 Å². The van der Waals surface area contributed by atoms with E-state index < -0.39 is 0 Å². The summed E-state index contributed by atoms with van der Waals surface area (Å²) in [5.74, 6) is 1.29. The normalized spacial score (nSPS) is 10.5. The molecule has 0 bridgehead atoms. The fraction of sp³-hybridized carbons (Fsp3) is 0.211. The number of hydrogen-bond donors (Lipinski definition) is 1. The molecule has 24 heavy (non-hydrogen) atoms. The van der Waals surface area contributed by atoms with E-state index in [1.54, 1.807) is 12.4 Å². The van der Waals surface area contributed by atoms with Gasteiger partial charge in [0.25, 0.3) is 0 Å². The number of oxazole rings is 1. The van der Waals surface area contributed by atoms with Crippen molar-refractivity contribution in [3.63, 3.8) is 0 Å². The van der Waals surface area contributed by atoms with Gasteiger partial charge in [-0.3, -0.25) is 9.78 Å². The highest BCUT2D eigenvalue weighted by molar-refractivity contribution is 5.76. The molecule has 5 nitrogen and oxygen atoms in total. The van der Waals surface area contributed by atoms with Gasteiger partial charge < -0.3 is 9.73 Å². The summed E-state index contributed by atoms with van der Waals surface area (Å²) in [6.45, 7) is 0.580. The van der Waals surface area contributed by atoms with Gasteiger partial charge in [0.1, 0.15) is 0 Å². The maximum absolute atomic E-state index is 11.9. The molecule has 2 aromatic heterocycles. The summed E-state index contributed by atoms with van der Waals surface area (Å²) >= 11 is 0. The molecule has 0 saturated heterocycles. The number of carbonyl (C=O) groups is 1. The monoisotopic (exact) mass is 321 g/mol. The van der Waals surface area contributed by atoms with Crippen molar-refractivity contribution in [2.24, 2.45) is 0 Å². The third kappa shape index (κ3) is 4.52. The standard InChI is InChI=1S/C19H19N3O2/c23-18(21-13-11-16-8-4-5-12-20-16)9-10-19-22-14-17(24-19)15-6-2-1-3-7-15/h1-8,12,14H,9-11,13H2,(H,21,23). The lowest BCUT2D eigenvalue weighted by molar-refractivity contribution is -0.121. The van der Waals surface area contributed by atoms with Gasteiger partial charge >= 0.3 is 0 Å². The van der Waals surface area contributed by atoms with Crippen LogP contribution in [0.3, 0.4) is 0 Å². The van der Waals surface area contributed by atoms with Crippen molar-refractivity contribution in [2.45, 2.75) is 19.3 Å². The molecule has 0 radical (unpaired) electrons. The SMILES string of the molecule is O=C(CCc1ncc(-c2ccccc2)o1)NCCc1ccccn1. The van der Waals surface area contributed by atoms with Crippen LogP contribution in [0, 0.1) is 0 Å². The summed E-state index contributed by atoms with van der Waals surface area (Å²) in [6, 6.07) is 15.6. The predicted molar refractivity (Wildman–Crippen MR) is 91.2 cm³/mol. The fourth-order valence-corrected chi connectivity index (χ4v) is 2.35. The van der Waals surface area contributed by atoms with E-state index in [-0.39, 0.29) is 5.91 Å². The number of benzene rings is 1. The minimum Gasteiger partial charge on any atom is -0.441 e. The maximum Gasteiger partial charge on any atom is 0.220 e. The second kappa shape index (κ2) is 8.06. The van der Waals surface area contributed by atoms with Crippen LogP contribution in [0.25, 0.3) is 11.3 Å². The van der Waals surface area contributed by atoms with Gasteiger partial charge in [-0.25, -0.2) is 4.98 Å². The molecular weight excluding hydrogens is 302 g/mol. The quantitative estimate of drug-likeness (QED) is 0.726. The maximum atomic E-state index is 11.9. The van der Waals surface area contributed by atoms with Crippen LogP contribution < -0.4 is 5.32 Å². The molecule has 0 aliphatic rings. The molecule has 0 aliphatic carbocycles. The van der Waals surface area contributed by atoms with Gasteiger partial charge in [0.2, 0.25) is 5.91 Å². The Morgan fingerprint density at radius 2 is 1.83 bits per heavy atom. The second-order valence-corrected chi connectivity index (χ2v) is 5.41. The van der Waals surface area contributed by atoms with Crippen LogP contribution in [-0.2, 0) is 17.6 Å². The Bertz CT molecular complexity index is 770. The van der Waals surface area contributed by atoms with Crippen molar-refractivity contribution in [3.8, 4) is 11.3 Å². The molecule has 2 heterocycles. The lowest BCUT2D eigenvalue weighted by atomic mass is 10.2. The zero-order valence-electron chi connectivity index (χ0n) is 13.3. The number of pyridine rings is 1. The first-order valence-electron chi connectivity index (χ1n) is 7.98. The first-order valence-corrected chi connectivity index (χ1v) is 7.98. The van der Waals surface area contributed by atoms with Crippen LogP contribution >= 0.6 is 0 Å². The van der Waals surface area contributed by atoms with E-state index in [2.05, 4.69) is 15.3 Å². The van der Waals surface area contributed by atoms with E-state index in [1.165, 1.54) is 0 Å².